The van der Waals surface area contributed by atoms with Crippen molar-refractivity contribution in [2.75, 3.05) is 0 Å². The molecule has 0 atom stereocenters. The molecule has 1 aromatic heterocycles. The topological polar surface area (TPSA) is 13.1 Å². The average Bonchev–Trinajstić information content (AvgIpc) is 2.70. The molecular weight excluding hydrogens is 196 g/mol. The largest absolute Gasteiger partial charge is 0.469 e. The summed E-state index contributed by atoms with van der Waals surface area (Å²) in [4.78, 5) is 0. The van der Waals surface area contributed by atoms with Gasteiger partial charge in [0.15, 0.2) is 0 Å². The molecule has 80 valence electrons. The Bertz CT molecular complexity index is 505. The summed E-state index contributed by atoms with van der Waals surface area (Å²) in [7, 11) is 0. The Balaban J connectivity index is 2.12. The van der Waals surface area contributed by atoms with Gasteiger partial charge in [-0.25, -0.2) is 0 Å². The molecule has 0 radical (unpaired) electrons. The molecule has 1 nitrogen and oxygen atoms in total. The smallest absolute Gasteiger partial charge is 0.111 e. The molecule has 0 fully saturated rings. The average molecular weight is 210 g/mol. The van der Waals surface area contributed by atoms with Crippen molar-refractivity contribution >= 4 is 5.57 Å². The van der Waals surface area contributed by atoms with E-state index in [0.29, 0.717) is 0 Å². The molecule has 16 heavy (non-hydrogen) atoms. The third-order valence-corrected chi connectivity index (χ3v) is 3.08. The van der Waals surface area contributed by atoms with Crippen LogP contribution in [0.15, 0.2) is 53.2 Å². The molecule has 1 heterocycles. The van der Waals surface area contributed by atoms with Crippen molar-refractivity contribution in [1.29, 1.82) is 0 Å². The van der Waals surface area contributed by atoms with Gasteiger partial charge in [-0.1, -0.05) is 36.4 Å². The molecule has 0 N–H and O–H groups in total. The van der Waals surface area contributed by atoms with E-state index in [1.807, 2.05) is 0 Å². The lowest BCUT2D eigenvalue weighted by Gasteiger charge is -2.05. The molecule has 2 aromatic rings. The van der Waals surface area contributed by atoms with E-state index >= 15 is 0 Å². The normalized spacial score (nSPS) is 15.1. The van der Waals surface area contributed by atoms with E-state index in [9.17, 15) is 0 Å². The molecule has 0 aliphatic heterocycles. The summed E-state index contributed by atoms with van der Waals surface area (Å²) in [6, 6.07) is 12.6. The predicted molar refractivity (Wildman–Crippen MR) is 65.2 cm³/mol. The first-order chi connectivity index (χ1) is 7.95. The lowest BCUT2D eigenvalue weighted by molar-refractivity contribution is 0.503. The van der Waals surface area contributed by atoms with Gasteiger partial charge in [-0.05, 0) is 30.0 Å². The number of rotatable bonds is 1. The molecule has 1 aliphatic carbocycles. The van der Waals surface area contributed by atoms with Crippen molar-refractivity contribution in [2.45, 2.75) is 19.3 Å². The van der Waals surface area contributed by atoms with E-state index in [0.717, 1.165) is 18.6 Å². The highest BCUT2D eigenvalue weighted by atomic mass is 16.3. The third kappa shape index (κ3) is 1.58. The Hall–Kier alpha value is -1.76. The van der Waals surface area contributed by atoms with Crippen LogP contribution in [-0.2, 0) is 6.42 Å². The maximum Gasteiger partial charge on any atom is 0.111 e. The lowest BCUT2D eigenvalue weighted by Crippen LogP contribution is -1.88. The van der Waals surface area contributed by atoms with Crippen LogP contribution in [0.1, 0.15) is 29.7 Å². The summed E-state index contributed by atoms with van der Waals surface area (Å²) in [6.45, 7) is 0. The minimum atomic E-state index is 1.05. The highest BCUT2D eigenvalue weighted by Crippen LogP contribution is 2.31. The molecule has 0 amide bonds. The first kappa shape index (κ1) is 9.46. The molecule has 1 aliphatic rings. The van der Waals surface area contributed by atoms with Crippen LogP contribution in [0.2, 0.25) is 0 Å². The Kier molecular flexibility index (Phi) is 2.37. The van der Waals surface area contributed by atoms with Crippen molar-refractivity contribution in [3.8, 4) is 0 Å². The third-order valence-electron chi connectivity index (χ3n) is 3.08. The van der Waals surface area contributed by atoms with Crippen molar-refractivity contribution in [1.82, 2.24) is 0 Å². The molecule has 0 unspecified atom stereocenters. The minimum absolute atomic E-state index is 1.05. The van der Waals surface area contributed by atoms with Crippen LogP contribution in [0.25, 0.3) is 5.57 Å². The van der Waals surface area contributed by atoms with E-state index < -0.39 is 0 Å². The lowest BCUT2D eigenvalue weighted by atomic mass is 9.98. The van der Waals surface area contributed by atoms with Gasteiger partial charge in [-0.15, -0.1) is 0 Å². The van der Waals surface area contributed by atoms with Gasteiger partial charge in [-0.2, -0.15) is 0 Å². The Morgan fingerprint density at radius 2 is 1.88 bits per heavy atom. The predicted octanol–water partition coefficient (Wildman–Crippen LogP) is 4.05. The fourth-order valence-electron chi connectivity index (χ4n) is 2.28. The molecule has 0 spiro atoms. The van der Waals surface area contributed by atoms with Crippen molar-refractivity contribution < 1.29 is 4.42 Å². The van der Waals surface area contributed by atoms with Gasteiger partial charge in [0.2, 0.25) is 0 Å². The first-order valence-corrected chi connectivity index (χ1v) is 5.77. The Morgan fingerprint density at radius 1 is 1.00 bits per heavy atom. The monoisotopic (exact) mass is 210 g/mol. The standard InChI is InChI=1S/C15H14O/c1-2-6-12(7-3-1)13-8-4-5-9-15-14(13)10-11-16-15/h1-3,6-8,10-11H,4-5,9H2. The zero-order valence-electron chi connectivity index (χ0n) is 9.15. The van der Waals surface area contributed by atoms with Gasteiger partial charge >= 0.3 is 0 Å². The first-order valence-electron chi connectivity index (χ1n) is 5.77. The molecular formula is C15H14O. The summed E-state index contributed by atoms with van der Waals surface area (Å²) in [5, 5.41) is 0. The summed E-state index contributed by atoms with van der Waals surface area (Å²) < 4.78 is 5.55. The Labute approximate surface area is 95.4 Å². The highest BCUT2D eigenvalue weighted by Gasteiger charge is 2.14. The second kappa shape index (κ2) is 4.01. The van der Waals surface area contributed by atoms with E-state index in [4.69, 9.17) is 4.42 Å². The molecule has 0 saturated heterocycles. The van der Waals surface area contributed by atoms with Gasteiger partial charge < -0.3 is 4.42 Å². The van der Waals surface area contributed by atoms with E-state index in [1.165, 1.54) is 23.1 Å². The maximum absolute atomic E-state index is 5.55. The zero-order chi connectivity index (χ0) is 10.8. The van der Waals surface area contributed by atoms with Crippen LogP contribution in [-0.4, -0.2) is 0 Å². The van der Waals surface area contributed by atoms with E-state index in [-0.39, 0.29) is 0 Å². The summed E-state index contributed by atoms with van der Waals surface area (Å²) in [6.07, 6.45) is 7.49. The van der Waals surface area contributed by atoms with E-state index in [1.54, 1.807) is 6.26 Å². The van der Waals surface area contributed by atoms with Crippen LogP contribution < -0.4 is 0 Å². The SMILES string of the molecule is C1=C(c2ccccc2)c2ccoc2CCC1. The molecule has 3 rings (SSSR count). The molecule has 0 bridgehead atoms. The highest BCUT2D eigenvalue weighted by molar-refractivity contribution is 5.81. The van der Waals surface area contributed by atoms with Crippen LogP contribution in [0, 0.1) is 0 Å². The number of hydrogen-bond donors (Lipinski definition) is 0. The number of furan rings is 1. The van der Waals surface area contributed by atoms with Crippen LogP contribution in [0.3, 0.4) is 0 Å². The van der Waals surface area contributed by atoms with E-state index in [2.05, 4.69) is 42.5 Å². The number of allylic oxidation sites excluding steroid dienone is 1. The Morgan fingerprint density at radius 3 is 2.75 bits per heavy atom. The summed E-state index contributed by atoms with van der Waals surface area (Å²) in [5.41, 5.74) is 3.87. The fourth-order valence-corrected chi connectivity index (χ4v) is 2.28. The molecule has 0 saturated carbocycles. The molecule has 1 heteroatoms. The maximum atomic E-state index is 5.55. The summed E-state index contributed by atoms with van der Waals surface area (Å²) >= 11 is 0. The number of hydrogen-bond acceptors (Lipinski definition) is 1. The number of aryl methyl sites for hydroxylation is 1. The van der Waals surface area contributed by atoms with Crippen LogP contribution >= 0.6 is 0 Å². The summed E-state index contributed by atoms with van der Waals surface area (Å²) in [5.74, 6) is 1.13. The van der Waals surface area contributed by atoms with Gasteiger partial charge in [0.25, 0.3) is 0 Å². The minimum Gasteiger partial charge on any atom is -0.469 e. The zero-order valence-corrected chi connectivity index (χ0v) is 9.15. The van der Waals surface area contributed by atoms with Crippen molar-refractivity contribution in [3.63, 3.8) is 0 Å². The van der Waals surface area contributed by atoms with Gasteiger partial charge in [0, 0.05) is 12.0 Å². The number of benzene rings is 1. The van der Waals surface area contributed by atoms with Crippen LogP contribution in [0.5, 0.6) is 0 Å². The van der Waals surface area contributed by atoms with Crippen molar-refractivity contribution in [3.05, 3.63) is 65.6 Å². The van der Waals surface area contributed by atoms with Gasteiger partial charge in [0.1, 0.15) is 5.76 Å². The second-order valence-electron chi connectivity index (χ2n) is 4.13. The quantitative estimate of drug-likeness (QED) is 0.692. The fraction of sp³-hybridized carbons (Fsp3) is 0.200. The van der Waals surface area contributed by atoms with Gasteiger partial charge in [0.05, 0.1) is 6.26 Å². The second-order valence-corrected chi connectivity index (χ2v) is 4.13. The molecule has 1 aromatic carbocycles. The van der Waals surface area contributed by atoms with Crippen molar-refractivity contribution in [2.24, 2.45) is 0 Å². The number of fused-ring (bicyclic) bond motifs is 1. The van der Waals surface area contributed by atoms with Gasteiger partial charge in [-0.3, -0.25) is 0 Å². The van der Waals surface area contributed by atoms with Crippen LogP contribution in [0.4, 0.5) is 0 Å².